The minimum atomic E-state index is -1.06. The second-order valence-corrected chi connectivity index (χ2v) is 6.39. The van der Waals surface area contributed by atoms with E-state index in [2.05, 4.69) is 5.32 Å². The first kappa shape index (κ1) is 17.5. The van der Waals surface area contributed by atoms with Crippen LogP contribution >= 0.6 is 11.8 Å². The summed E-state index contributed by atoms with van der Waals surface area (Å²) in [6, 6.07) is 15.7. The number of rotatable bonds is 7. The monoisotopic (exact) mass is 333 g/mol. The highest BCUT2D eigenvalue weighted by molar-refractivity contribution is 8.00. The van der Waals surface area contributed by atoms with Gasteiger partial charge in [-0.05, 0) is 24.6 Å². The van der Waals surface area contributed by atoms with Gasteiger partial charge in [0, 0.05) is 17.0 Å². The highest BCUT2D eigenvalue weighted by atomic mass is 32.2. The predicted octanol–water partition coefficient (Wildman–Crippen LogP) is 3.55. The van der Waals surface area contributed by atoms with Crippen LogP contribution < -0.4 is 5.32 Å². The molecule has 3 nitrogen and oxygen atoms in total. The lowest BCUT2D eigenvalue weighted by molar-refractivity contribution is -0.121. The summed E-state index contributed by atoms with van der Waals surface area (Å²) in [6.07, 6.45) is -0.388. The third-order valence-corrected chi connectivity index (χ3v) is 4.79. The highest BCUT2D eigenvalue weighted by Gasteiger charge is 2.19. The molecule has 2 atom stereocenters. The van der Waals surface area contributed by atoms with Crippen LogP contribution in [0.2, 0.25) is 0 Å². The first-order valence-corrected chi connectivity index (χ1v) is 8.41. The molecule has 0 aliphatic carbocycles. The van der Waals surface area contributed by atoms with E-state index in [9.17, 15) is 14.3 Å². The van der Waals surface area contributed by atoms with Crippen molar-refractivity contribution in [3.05, 3.63) is 66.0 Å². The van der Waals surface area contributed by atoms with Crippen LogP contribution in [0.3, 0.4) is 0 Å². The number of halogens is 1. The van der Waals surface area contributed by atoms with Gasteiger partial charge in [-0.3, -0.25) is 4.79 Å². The minimum absolute atomic E-state index is 0.00832. The SMILES string of the molecule is CCC(Sc1ccccc1)C(=O)NCC(O)c1ccccc1F. The van der Waals surface area contributed by atoms with Crippen LogP contribution in [0.25, 0.3) is 0 Å². The lowest BCUT2D eigenvalue weighted by atomic mass is 10.1. The Morgan fingerprint density at radius 3 is 2.48 bits per heavy atom. The second-order valence-electron chi connectivity index (χ2n) is 5.11. The molecule has 122 valence electrons. The lowest BCUT2D eigenvalue weighted by Gasteiger charge is -2.17. The summed E-state index contributed by atoms with van der Waals surface area (Å²) in [5, 5.41) is 12.5. The molecule has 0 saturated carbocycles. The molecule has 0 aromatic heterocycles. The zero-order chi connectivity index (χ0) is 16.7. The smallest absolute Gasteiger partial charge is 0.233 e. The molecule has 2 N–H and O–H groups in total. The van der Waals surface area contributed by atoms with E-state index in [0.717, 1.165) is 4.90 Å². The molecular weight excluding hydrogens is 313 g/mol. The Kier molecular flexibility index (Phi) is 6.62. The molecule has 0 aliphatic heterocycles. The molecule has 0 radical (unpaired) electrons. The number of hydrogen-bond donors (Lipinski definition) is 2. The van der Waals surface area contributed by atoms with Gasteiger partial charge in [-0.15, -0.1) is 11.8 Å². The second kappa shape index (κ2) is 8.70. The number of amides is 1. The van der Waals surface area contributed by atoms with Crippen molar-refractivity contribution in [2.45, 2.75) is 29.6 Å². The van der Waals surface area contributed by atoms with Gasteiger partial charge >= 0.3 is 0 Å². The standard InChI is InChI=1S/C18H20FNO2S/c1-2-17(23-13-8-4-3-5-9-13)18(22)20-12-16(21)14-10-6-7-11-15(14)19/h3-11,16-17,21H,2,12H2,1H3,(H,20,22). The molecule has 2 unspecified atom stereocenters. The molecule has 2 aromatic carbocycles. The Labute approximate surface area is 139 Å². The molecule has 2 aromatic rings. The van der Waals surface area contributed by atoms with E-state index in [1.165, 1.54) is 23.9 Å². The van der Waals surface area contributed by atoms with Crippen LogP contribution in [0.5, 0.6) is 0 Å². The Morgan fingerprint density at radius 1 is 1.17 bits per heavy atom. The molecule has 0 aliphatic rings. The number of thioether (sulfide) groups is 1. The molecule has 5 heteroatoms. The maximum Gasteiger partial charge on any atom is 0.233 e. The van der Waals surface area contributed by atoms with Crippen molar-refractivity contribution in [2.75, 3.05) is 6.54 Å². The Balaban J connectivity index is 1.91. The van der Waals surface area contributed by atoms with Crippen LogP contribution in [-0.4, -0.2) is 22.8 Å². The van der Waals surface area contributed by atoms with Gasteiger partial charge in [-0.25, -0.2) is 4.39 Å². The maximum absolute atomic E-state index is 13.6. The zero-order valence-corrected chi connectivity index (χ0v) is 13.7. The summed E-state index contributed by atoms with van der Waals surface area (Å²) < 4.78 is 13.6. The van der Waals surface area contributed by atoms with Gasteiger partial charge in [0.25, 0.3) is 0 Å². The minimum Gasteiger partial charge on any atom is -0.386 e. The summed E-state index contributed by atoms with van der Waals surface area (Å²) in [4.78, 5) is 13.3. The van der Waals surface area contributed by atoms with Crippen molar-refractivity contribution in [3.63, 3.8) is 0 Å². The molecule has 1 amide bonds. The van der Waals surface area contributed by atoms with Gasteiger partial charge in [-0.1, -0.05) is 43.3 Å². The van der Waals surface area contributed by atoms with Crippen molar-refractivity contribution in [1.29, 1.82) is 0 Å². The summed E-state index contributed by atoms with van der Waals surface area (Å²) in [6.45, 7) is 1.93. The number of benzene rings is 2. The predicted molar refractivity (Wildman–Crippen MR) is 90.7 cm³/mol. The average Bonchev–Trinajstić information content (AvgIpc) is 2.58. The first-order valence-electron chi connectivity index (χ1n) is 7.53. The van der Waals surface area contributed by atoms with Crippen LogP contribution in [-0.2, 0) is 4.79 Å². The van der Waals surface area contributed by atoms with E-state index in [0.29, 0.717) is 6.42 Å². The van der Waals surface area contributed by atoms with Crippen LogP contribution in [0.15, 0.2) is 59.5 Å². The summed E-state index contributed by atoms with van der Waals surface area (Å²) in [7, 11) is 0. The molecule has 0 saturated heterocycles. The quantitative estimate of drug-likeness (QED) is 0.762. The number of carbonyl (C=O) groups excluding carboxylic acids is 1. The third kappa shape index (κ3) is 5.08. The van der Waals surface area contributed by atoms with Gasteiger partial charge in [0.2, 0.25) is 5.91 Å². The molecule has 0 bridgehead atoms. The highest BCUT2D eigenvalue weighted by Crippen LogP contribution is 2.25. The number of aliphatic hydroxyl groups is 1. The fourth-order valence-corrected chi connectivity index (χ4v) is 3.15. The lowest BCUT2D eigenvalue weighted by Crippen LogP contribution is -2.35. The number of aliphatic hydroxyl groups excluding tert-OH is 1. The molecule has 2 rings (SSSR count). The average molecular weight is 333 g/mol. The molecule has 0 heterocycles. The molecule has 23 heavy (non-hydrogen) atoms. The van der Waals surface area contributed by atoms with Crippen molar-refractivity contribution in [1.82, 2.24) is 5.32 Å². The van der Waals surface area contributed by atoms with Crippen molar-refractivity contribution in [2.24, 2.45) is 0 Å². The first-order chi connectivity index (χ1) is 11.1. The maximum atomic E-state index is 13.6. The molecule has 0 fully saturated rings. The van der Waals surface area contributed by atoms with Gasteiger partial charge < -0.3 is 10.4 Å². The Morgan fingerprint density at radius 2 is 1.83 bits per heavy atom. The topological polar surface area (TPSA) is 49.3 Å². The van der Waals surface area contributed by atoms with Crippen LogP contribution in [0.4, 0.5) is 4.39 Å². The van der Waals surface area contributed by atoms with Crippen molar-refractivity contribution < 1.29 is 14.3 Å². The Hall–Kier alpha value is -1.85. The fourth-order valence-electron chi connectivity index (χ4n) is 2.15. The van der Waals surface area contributed by atoms with Crippen molar-refractivity contribution in [3.8, 4) is 0 Å². The Bertz CT molecular complexity index is 636. The number of carbonyl (C=O) groups is 1. The zero-order valence-electron chi connectivity index (χ0n) is 12.9. The van der Waals surface area contributed by atoms with Gasteiger partial charge in [0.1, 0.15) is 5.82 Å². The van der Waals surface area contributed by atoms with Crippen molar-refractivity contribution >= 4 is 17.7 Å². The number of hydrogen-bond acceptors (Lipinski definition) is 3. The van der Waals surface area contributed by atoms with E-state index in [4.69, 9.17) is 0 Å². The molecular formula is C18H20FNO2S. The van der Waals surface area contributed by atoms with E-state index in [-0.39, 0.29) is 23.3 Å². The van der Waals surface area contributed by atoms with E-state index in [1.54, 1.807) is 12.1 Å². The largest absolute Gasteiger partial charge is 0.386 e. The fraction of sp³-hybridized carbons (Fsp3) is 0.278. The van der Waals surface area contributed by atoms with E-state index >= 15 is 0 Å². The summed E-state index contributed by atoms with van der Waals surface area (Å²) in [5.74, 6) is -0.628. The van der Waals surface area contributed by atoms with E-state index < -0.39 is 11.9 Å². The molecule has 0 spiro atoms. The number of nitrogens with one attached hydrogen (secondary N) is 1. The van der Waals surface area contributed by atoms with Gasteiger partial charge in [-0.2, -0.15) is 0 Å². The van der Waals surface area contributed by atoms with Crippen LogP contribution in [0.1, 0.15) is 25.0 Å². The third-order valence-electron chi connectivity index (χ3n) is 3.42. The summed E-state index contributed by atoms with van der Waals surface area (Å²) >= 11 is 1.48. The normalized spacial score (nSPS) is 13.3. The van der Waals surface area contributed by atoms with E-state index in [1.807, 2.05) is 37.3 Å². The van der Waals surface area contributed by atoms with Gasteiger partial charge in [0.15, 0.2) is 0 Å². The summed E-state index contributed by atoms with van der Waals surface area (Å²) in [5.41, 5.74) is 0.191. The van der Waals surface area contributed by atoms with Crippen LogP contribution in [0, 0.1) is 5.82 Å². The van der Waals surface area contributed by atoms with Gasteiger partial charge in [0.05, 0.1) is 11.4 Å².